The van der Waals surface area contributed by atoms with E-state index in [-0.39, 0.29) is 24.0 Å². The van der Waals surface area contributed by atoms with Crippen LogP contribution in [-0.2, 0) is 4.74 Å². The predicted molar refractivity (Wildman–Crippen MR) is 98.6 cm³/mol. The Balaban J connectivity index is 0.00000220. The minimum Gasteiger partial charge on any atom is -0.373 e. The van der Waals surface area contributed by atoms with Crippen molar-refractivity contribution >= 4 is 29.9 Å². The first kappa shape index (κ1) is 19.0. The second-order valence-electron chi connectivity index (χ2n) is 5.79. The maximum Gasteiger partial charge on any atom is 0.191 e. The summed E-state index contributed by atoms with van der Waals surface area (Å²) in [7, 11) is 1.84. The van der Waals surface area contributed by atoms with Gasteiger partial charge in [-0.25, -0.2) is 0 Å². The molecule has 2 aliphatic rings. The summed E-state index contributed by atoms with van der Waals surface area (Å²) in [5.41, 5.74) is 0. The maximum atomic E-state index is 5.87. The highest BCUT2D eigenvalue weighted by molar-refractivity contribution is 14.0. The topological polar surface area (TPSA) is 48.9 Å². The number of halogens is 1. The molecule has 0 aliphatic carbocycles. The third kappa shape index (κ3) is 5.56. The van der Waals surface area contributed by atoms with E-state index in [1.165, 1.54) is 25.8 Å². The highest BCUT2D eigenvalue weighted by Crippen LogP contribution is 2.34. The van der Waals surface area contributed by atoms with Crippen LogP contribution in [0.4, 0.5) is 0 Å². The van der Waals surface area contributed by atoms with Gasteiger partial charge in [0.1, 0.15) is 0 Å². The third-order valence-electron chi connectivity index (χ3n) is 4.36. The van der Waals surface area contributed by atoms with Gasteiger partial charge in [0.2, 0.25) is 0 Å². The highest BCUT2D eigenvalue weighted by Gasteiger charge is 2.41. The molecule has 2 N–H and O–H groups in total. The molecule has 0 spiro atoms. The minimum atomic E-state index is 0. The van der Waals surface area contributed by atoms with Crippen molar-refractivity contribution in [3.05, 3.63) is 0 Å². The van der Waals surface area contributed by atoms with Crippen LogP contribution in [0.3, 0.4) is 0 Å². The molecule has 2 heterocycles. The normalized spacial score (nSPS) is 27.8. The minimum absolute atomic E-state index is 0. The molecule has 2 bridgehead atoms. The number of fused-ring (bicyclic) bond motifs is 2. The monoisotopic (exact) mass is 410 g/mol. The molecular formula is C15H31IN4O. The first-order valence-electron chi connectivity index (χ1n) is 8.11. The number of rotatable bonds is 7. The van der Waals surface area contributed by atoms with Crippen molar-refractivity contribution in [1.82, 2.24) is 15.5 Å². The van der Waals surface area contributed by atoms with Gasteiger partial charge in [-0.15, -0.1) is 24.0 Å². The number of guanidine groups is 1. The largest absolute Gasteiger partial charge is 0.373 e. The molecule has 2 rings (SSSR count). The van der Waals surface area contributed by atoms with Crippen molar-refractivity contribution < 1.29 is 4.74 Å². The first-order valence-corrected chi connectivity index (χ1v) is 8.11. The summed E-state index contributed by atoms with van der Waals surface area (Å²) in [5, 5.41) is 6.94. The number of nitrogens with zero attached hydrogens (tertiary/aromatic N) is 2. The van der Waals surface area contributed by atoms with E-state index in [0.29, 0.717) is 18.2 Å². The summed E-state index contributed by atoms with van der Waals surface area (Å²) in [6.07, 6.45) is 5.64. The van der Waals surface area contributed by atoms with Crippen LogP contribution in [0.15, 0.2) is 4.99 Å². The fourth-order valence-corrected chi connectivity index (χ4v) is 3.24. The van der Waals surface area contributed by atoms with Crippen LogP contribution < -0.4 is 10.6 Å². The quantitative estimate of drug-likeness (QED) is 0.382. The van der Waals surface area contributed by atoms with Crippen molar-refractivity contribution in [2.75, 3.05) is 33.2 Å². The van der Waals surface area contributed by atoms with E-state index >= 15 is 0 Å². The van der Waals surface area contributed by atoms with Gasteiger partial charge in [0.05, 0.1) is 18.2 Å². The van der Waals surface area contributed by atoms with E-state index in [0.717, 1.165) is 32.0 Å². The molecule has 2 aliphatic heterocycles. The Morgan fingerprint density at radius 2 is 2.10 bits per heavy atom. The Kier molecular flexibility index (Phi) is 8.89. The van der Waals surface area contributed by atoms with E-state index in [9.17, 15) is 0 Å². The molecule has 0 amide bonds. The van der Waals surface area contributed by atoms with Gasteiger partial charge in [-0.1, -0.05) is 13.8 Å². The van der Waals surface area contributed by atoms with Gasteiger partial charge in [-0.3, -0.25) is 4.99 Å². The van der Waals surface area contributed by atoms with E-state index in [2.05, 4.69) is 34.4 Å². The van der Waals surface area contributed by atoms with Gasteiger partial charge in [0.15, 0.2) is 5.96 Å². The number of hydrogen-bond donors (Lipinski definition) is 2. The average molecular weight is 410 g/mol. The van der Waals surface area contributed by atoms with Crippen LogP contribution in [0.25, 0.3) is 0 Å². The van der Waals surface area contributed by atoms with E-state index in [1.54, 1.807) is 0 Å². The maximum absolute atomic E-state index is 5.87. The Labute approximate surface area is 146 Å². The molecule has 0 saturated carbocycles. The van der Waals surface area contributed by atoms with E-state index in [1.807, 2.05) is 7.05 Å². The van der Waals surface area contributed by atoms with E-state index < -0.39 is 0 Å². The molecule has 0 aromatic carbocycles. The fraction of sp³-hybridized carbons (Fsp3) is 0.933. The van der Waals surface area contributed by atoms with Gasteiger partial charge < -0.3 is 20.3 Å². The van der Waals surface area contributed by atoms with Crippen LogP contribution in [0.2, 0.25) is 0 Å². The van der Waals surface area contributed by atoms with E-state index in [4.69, 9.17) is 4.74 Å². The summed E-state index contributed by atoms with van der Waals surface area (Å²) in [6.45, 7) is 8.74. The summed E-state index contributed by atoms with van der Waals surface area (Å²) in [4.78, 5) is 6.78. The zero-order valence-corrected chi connectivity index (χ0v) is 15.9. The lowest BCUT2D eigenvalue weighted by atomic mass is 9.96. The molecular weight excluding hydrogens is 379 g/mol. The van der Waals surface area contributed by atoms with Gasteiger partial charge in [-0.05, 0) is 38.8 Å². The van der Waals surface area contributed by atoms with Gasteiger partial charge in [0, 0.05) is 20.1 Å². The summed E-state index contributed by atoms with van der Waals surface area (Å²) < 4.78 is 5.87. The summed E-state index contributed by atoms with van der Waals surface area (Å²) >= 11 is 0. The number of aliphatic imine (C=N–C) groups is 1. The number of ether oxygens (including phenoxy) is 1. The van der Waals surface area contributed by atoms with Gasteiger partial charge in [0.25, 0.3) is 0 Å². The van der Waals surface area contributed by atoms with Crippen molar-refractivity contribution in [1.29, 1.82) is 0 Å². The lowest BCUT2D eigenvalue weighted by Gasteiger charge is -2.24. The zero-order valence-electron chi connectivity index (χ0n) is 13.6. The highest BCUT2D eigenvalue weighted by atomic mass is 127. The van der Waals surface area contributed by atoms with Crippen LogP contribution >= 0.6 is 24.0 Å². The molecule has 6 heteroatoms. The van der Waals surface area contributed by atoms with Crippen molar-refractivity contribution in [2.24, 2.45) is 4.99 Å². The van der Waals surface area contributed by atoms with Crippen molar-refractivity contribution in [3.63, 3.8) is 0 Å². The molecule has 0 radical (unpaired) electrons. The Morgan fingerprint density at radius 1 is 1.29 bits per heavy atom. The number of nitrogens with one attached hydrogen (secondary N) is 2. The summed E-state index contributed by atoms with van der Waals surface area (Å²) in [6, 6.07) is 0.442. The Bertz CT molecular complexity index is 327. The van der Waals surface area contributed by atoms with Crippen LogP contribution in [0.1, 0.15) is 39.5 Å². The van der Waals surface area contributed by atoms with Crippen molar-refractivity contribution in [3.8, 4) is 0 Å². The molecule has 124 valence electrons. The lowest BCUT2D eigenvalue weighted by Crippen LogP contribution is -2.48. The smallest absolute Gasteiger partial charge is 0.191 e. The predicted octanol–water partition coefficient (Wildman–Crippen LogP) is 1.82. The molecule has 2 fully saturated rings. The Hall–Kier alpha value is -0.0800. The second-order valence-corrected chi connectivity index (χ2v) is 5.79. The molecule has 0 aromatic heterocycles. The summed E-state index contributed by atoms with van der Waals surface area (Å²) in [5.74, 6) is 0.915. The van der Waals surface area contributed by atoms with Crippen LogP contribution in [0, 0.1) is 0 Å². The van der Waals surface area contributed by atoms with Crippen LogP contribution in [0.5, 0.6) is 0 Å². The number of hydrogen-bond acceptors (Lipinski definition) is 3. The average Bonchev–Trinajstić information content (AvgIpc) is 3.07. The standard InChI is InChI=1S/C15H30N4O.HI/c1-4-9-19(5-2)10-8-17-15(16-3)18-13-11-12-6-7-14(13)20-12;/h12-14H,4-11H2,1-3H3,(H2,16,17,18);1H. The molecule has 2 saturated heterocycles. The molecule has 21 heavy (non-hydrogen) atoms. The first-order chi connectivity index (χ1) is 9.76. The molecule has 3 unspecified atom stereocenters. The Morgan fingerprint density at radius 3 is 2.62 bits per heavy atom. The van der Waals surface area contributed by atoms with Gasteiger partial charge >= 0.3 is 0 Å². The number of likely N-dealkylation sites (N-methyl/N-ethyl adjacent to an activating group) is 1. The fourth-order valence-electron chi connectivity index (χ4n) is 3.24. The molecule has 3 atom stereocenters. The zero-order chi connectivity index (χ0) is 14.4. The molecule has 0 aromatic rings. The lowest BCUT2D eigenvalue weighted by molar-refractivity contribution is 0.0992. The second kappa shape index (κ2) is 9.84. The molecule has 5 nitrogen and oxygen atoms in total. The van der Waals surface area contributed by atoms with Crippen molar-refractivity contribution in [2.45, 2.75) is 57.8 Å². The van der Waals surface area contributed by atoms with Gasteiger partial charge in [-0.2, -0.15) is 0 Å². The SMILES string of the molecule is CCCN(CC)CCNC(=NC)NC1CC2CCC1O2.I. The third-order valence-corrected chi connectivity index (χ3v) is 4.36. The van der Waals surface area contributed by atoms with Crippen LogP contribution in [-0.4, -0.2) is 62.3 Å².